The molecule has 1 aliphatic heterocycles. The van der Waals surface area contributed by atoms with Gasteiger partial charge in [0.2, 0.25) is 5.91 Å². The lowest BCUT2D eigenvalue weighted by molar-refractivity contribution is -0.119. The highest BCUT2D eigenvalue weighted by molar-refractivity contribution is 6.32. The molecular weight excluding hydrogens is 843 g/mol. The van der Waals surface area contributed by atoms with Crippen LogP contribution in [0.25, 0.3) is 22.0 Å². The molecule has 65 heavy (non-hydrogen) atoms. The molecule has 0 atom stereocenters. The number of rotatable bonds is 22. The van der Waals surface area contributed by atoms with Crippen LogP contribution in [0.3, 0.4) is 0 Å². The molecule has 0 aliphatic carbocycles. The predicted octanol–water partition coefficient (Wildman–Crippen LogP) is 12.4. The first-order valence-corrected chi connectivity index (χ1v) is 22.4. The number of unbranched alkanes of at least 4 members (excludes halogenated alkanes) is 6. The number of halogens is 2. The van der Waals surface area contributed by atoms with E-state index in [4.69, 9.17) is 30.5 Å². The molecule has 2 N–H and O–H groups in total. The summed E-state index contributed by atoms with van der Waals surface area (Å²) in [5.74, 6) is 2.05. The Morgan fingerprint density at radius 3 is 2.29 bits per heavy atom. The van der Waals surface area contributed by atoms with E-state index in [1.54, 1.807) is 36.4 Å². The van der Waals surface area contributed by atoms with Gasteiger partial charge in [-0.15, -0.1) is 0 Å². The van der Waals surface area contributed by atoms with E-state index in [-0.39, 0.29) is 24.8 Å². The van der Waals surface area contributed by atoms with Crippen molar-refractivity contribution in [3.05, 3.63) is 167 Å². The molecule has 0 fully saturated rings. The van der Waals surface area contributed by atoms with Crippen molar-refractivity contribution in [2.75, 3.05) is 25.1 Å². The summed E-state index contributed by atoms with van der Waals surface area (Å²) in [5, 5.41) is 7.03. The first-order chi connectivity index (χ1) is 31.8. The van der Waals surface area contributed by atoms with Gasteiger partial charge in [0, 0.05) is 17.7 Å². The topological polar surface area (TPSA) is 121 Å². The average Bonchev–Trinajstić information content (AvgIpc) is 3.30. The number of imide groups is 1. The second-order valence-electron chi connectivity index (χ2n) is 15.9. The molecule has 0 saturated carbocycles. The van der Waals surface area contributed by atoms with Crippen molar-refractivity contribution < 1.29 is 32.9 Å². The highest BCUT2D eigenvalue weighted by atomic mass is 35.5. The summed E-state index contributed by atoms with van der Waals surface area (Å²) < 4.78 is 37.3. The van der Waals surface area contributed by atoms with Gasteiger partial charge in [-0.1, -0.05) is 98.3 Å². The number of amides is 2. The van der Waals surface area contributed by atoms with Crippen molar-refractivity contribution in [3.8, 4) is 34.1 Å². The Balaban J connectivity index is 0.697. The summed E-state index contributed by atoms with van der Waals surface area (Å²) in [6.45, 7) is 1.94. The summed E-state index contributed by atoms with van der Waals surface area (Å²) in [6.07, 6.45) is 10.7. The maximum absolute atomic E-state index is 13.6. The second-order valence-corrected chi connectivity index (χ2v) is 16.4. The second kappa shape index (κ2) is 22.2. The minimum Gasteiger partial charge on any atom is -0.491 e. The number of aromatic nitrogens is 2. The first kappa shape index (κ1) is 44.8. The number of ether oxygens (including phenoxy) is 4. The Bertz CT molecular complexity index is 2750. The lowest BCUT2D eigenvalue weighted by Gasteiger charge is -2.18. The van der Waals surface area contributed by atoms with Crippen LogP contribution >= 0.6 is 11.6 Å². The van der Waals surface area contributed by atoms with Gasteiger partial charge in [0.25, 0.3) is 5.91 Å². The lowest BCUT2D eigenvalue weighted by Crippen LogP contribution is -2.37. The maximum Gasteiger partial charge on any atom is 0.261 e. The average molecular weight is 893 g/mol. The van der Waals surface area contributed by atoms with Crippen LogP contribution in [0, 0.1) is 5.82 Å². The van der Waals surface area contributed by atoms with E-state index in [1.807, 2.05) is 66.7 Å². The summed E-state index contributed by atoms with van der Waals surface area (Å²) in [5.41, 5.74) is 6.61. The van der Waals surface area contributed by atoms with Crippen LogP contribution in [0.2, 0.25) is 5.02 Å². The Labute approximate surface area is 383 Å². The Hall–Kier alpha value is -6.82. The fourth-order valence-corrected chi connectivity index (χ4v) is 8.04. The molecule has 12 heteroatoms. The number of hydrogen-bond donors (Lipinski definition) is 2. The molecule has 0 spiro atoms. The number of aryl methyl sites for hydroxylation is 1. The highest BCUT2D eigenvalue weighted by Gasteiger charge is 2.26. The Morgan fingerprint density at radius 1 is 0.662 bits per heavy atom. The summed E-state index contributed by atoms with van der Waals surface area (Å²) in [6, 6.07) is 39.2. The number of nitrogens with one attached hydrogen (secondary N) is 2. The largest absolute Gasteiger partial charge is 0.491 e. The maximum atomic E-state index is 13.6. The third kappa shape index (κ3) is 12.5. The minimum absolute atomic E-state index is 0.172. The zero-order valence-corrected chi connectivity index (χ0v) is 36.7. The smallest absolute Gasteiger partial charge is 0.261 e. The van der Waals surface area contributed by atoms with Gasteiger partial charge in [0.15, 0.2) is 0 Å². The van der Waals surface area contributed by atoms with E-state index in [9.17, 15) is 14.0 Å². The van der Waals surface area contributed by atoms with Crippen LogP contribution in [0.4, 0.5) is 15.9 Å². The van der Waals surface area contributed by atoms with E-state index in [0.29, 0.717) is 58.0 Å². The summed E-state index contributed by atoms with van der Waals surface area (Å²) in [7, 11) is 0. The fourth-order valence-electron chi connectivity index (χ4n) is 7.80. The minimum atomic E-state index is -0.414. The Kier molecular flexibility index (Phi) is 15.3. The molecule has 2 heterocycles. The number of carbonyl (C=O) groups is 2. The molecule has 0 unspecified atom stereocenters. The van der Waals surface area contributed by atoms with Crippen molar-refractivity contribution in [2.24, 2.45) is 0 Å². The fraction of sp³-hybridized carbons (Fsp3) is 0.245. The van der Waals surface area contributed by atoms with Crippen molar-refractivity contribution in [1.29, 1.82) is 0 Å². The van der Waals surface area contributed by atoms with Crippen LogP contribution in [0.1, 0.15) is 72.0 Å². The van der Waals surface area contributed by atoms with Gasteiger partial charge in [-0.3, -0.25) is 14.9 Å². The quantitative estimate of drug-likeness (QED) is 0.0506. The van der Waals surface area contributed by atoms with Crippen molar-refractivity contribution in [1.82, 2.24) is 15.3 Å². The molecule has 1 aliphatic rings. The van der Waals surface area contributed by atoms with E-state index < -0.39 is 5.91 Å². The molecule has 0 saturated heterocycles. The number of anilines is 2. The van der Waals surface area contributed by atoms with E-state index in [1.165, 1.54) is 49.7 Å². The molecule has 6 aromatic carbocycles. The molecule has 332 valence electrons. The van der Waals surface area contributed by atoms with Crippen LogP contribution < -0.4 is 24.8 Å². The molecule has 0 bridgehead atoms. The summed E-state index contributed by atoms with van der Waals surface area (Å²) in [4.78, 5) is 33.2. The number of nitrogens with zero attached hydrogens (tertiary/aromatic N) is 2. The summed E-state index contributed by atoms with van der Waals surface area (Å²) >= 11 is 6.56. The van der Waals surface area contributed by atoms with Gasteiger partial charge in [0.1, 0.15) is 54.2 Å². The number of carbonyl (C=O) groups excluding carboxylic acids is 2. The van der Waals surface area contributed by atoms with E-state index >= 15 is 0 Å². The van der Waals surface area contributed by atoms with Crippen molar-refractivity contribution in [2.45, 2.75) is 64.4 Å². The SMILES string of the molecule is O=C1Cc2cccc(Oc3cccc(CCCCCCCCCOCCOc4ccc(-c5ccc6ncnc(Nc7ccc(OCc8cccc(F)c8)c(Cl)c7)c6c5)cc4)c3)c2C(=O)N1. The van der Waals surface area contributed by atoms with Crippen LogP contribution in [-0.2, 0) is 29.0 Å². The molecule has 2 amide bonds. The monoisotopic (exact) mass is 892 g/mol. The standard InChI is InChI=1S/C53H50ClFN4O6/c54-46-33-42(21-25-48(46)64-34-37-13-8-15-41(55)29-37)58-52-45-31-39(20-24-47(45)56-35-57-52)38-18-22-43(23-19-38)63-28-27-62-26-7-5-3-1-2-4-6-11-36-12-9-16-44(30-36)65-49-17-10-14-40-32-50(60)59-53(61)51(40)49/h8-10,12-25,29-31,33,35H,1-7,11,26-28,32,34H2,(H,56,57,58)(H,59,60,61). The van der Waals surface area contributed by atoms with E-state index in [0.717, 1.165) is 65.8 Å². The number of hydrogen-bond acceptors (Lipinski definition) is 9. The molecule has 8 rings (SSSR count). The lowest BCUT2D eigenvalue weighted by atomic mass is 9.99. The Morgan fingerprint density at radius 2 is 1.45 bits per heavy atom. The van der Waals surface area contributed by atoms with Crippen LogP contribution in [-0.4, -0.2) is 41.6 Å². The zero-order chi connectivity index (χ0) is 44.8. The molecule has 1 aromatic heterocycles. The first-order valence-electron chi connectivity index (χ1n) is 22.1. The van der Waals surface area contributed by atoms with Gasteiger partial charge in [-0.05, 0) is 120 Å². The van der Waals surface area contributed by atoms with Gasteiger partial charge in [-0.2, -0.15) is 0 Å². The zero-order valence-electron chi connectivity index (χ0n) is 36.0. The van der Waals surface area contributed by atoms with Gasteiger partial charge in [-0.25, -0.2) is 14.4 Å². The van der Waals surface area contributed by atoms with Gasteiger partial charge >= 0.3 is 0 Å². The van der Waals surface area contributed by atoms with Crippen LogP contribution in [0.15, 0.2) is 134 Å². The normalized spacial score (nSPS) is 12.2. The van der Waals surface area contributed by atoms with Gasteiger partial charge in [0.05, 0.1) is 29.1 Å². The predicted molar refractivity (Wildman–Crippen MR) is 252 cm³/mol. The van der Waals surface area contributed by atoms with E-state index in [2.05, 4.69) is 32.7 Å². The highest BCUT2D eigenvalue weighted by Crippen LogP contribution is 2.34. The molecule has 0 radical (unpaired) electrons. The molecule has 10 nitrogen and oxygen atoms in total. The molecule has 7 aromatic rings. The van der Waals surface area contributed by atoms with Crippen LogP contribution in [0.5, 0.6) is 23.0 Å². The third-order valence-electron chi connectivity index (χ3n) is 11.1. The number of fused-ring (bicyclic) bond motifs is 2. The third-order valence-corrected chi connectivity index (χ3v) is 11.4. The van der Waals surface area contributed by atoms with Crippen molar-refractivity contribution >= 4 is 45.8 Å². The van der Waals surface area contributed by atoms with Gasteiger partial charge < -0.3 is 24.3 Å². The van der Waals surface area contributed by atoms with Crippen molar-refractivity contribution in [3.63, 3.8) is 0 Å². The number of benzene rings is 6. The molecular formula is C53H50ClFN4O6.